The SMILES string of the molecule is COc1ccc(C2(NC(=O)Nc3ccccc3Oc3ccccc3)CC2)cc1. The standard InChI is InChI=1S/C23H22N2O3/c1-27-18-13-11-17(12-14-18)23(15-16-23)25-22(26)24-20-9-5-6-10-21(20)28-19-7-3-2-4-8-19/h2-14H,15-16H2,1H3,(H2,24,25,26). The Labute approximate surface area is 164 Å². The van der Waals surface area contributed by atoms with Crippen LogP contribution in [-0.4, -0.2) is 13.1 Å². The van der Waals surface area contributed by atoms with Crippen molar-refractivity contribution in [3.8, 4) is 17.2 Å². The number of carbonyl (C=O) groups is 1. The van der Waals surface area contributed by atoms with Crippen LogP contribution < -0.4 is 20.1 Å². The van der Waals surface area contributed by atoms with Crippen LogP contribution in [0.2, 0.25) is 0 Å². The number of methoxy groups -OCH3 is 1. The van der Waals surface area contributed by atoms with Crippen LogP contribution in [0.4, 0.5) is 10.5 Å². The zero-order chi connectivity index (χ0) is 19.4. The molecule has 5 nitrogen and oxygen atoms in total. The highest BCUT2D eigenvalue weighted by molar-refractivity contribution is 5.91. The maximum Gasteiger partial charge on any atom is 0.320 e. The van der Waals surface area contributed by atoms with Gasteiger partial charge in [-0.15, -0.1) is 0 Å². The Morgan fingerprint density at radius 2 is 1.54 bits per heavy atom. The zero-order valence-corrected chi connectivity index (χ0v) is 15.6. The topological polar surface area (TPSA) is 59.6 Å². The molecular formula is C23H22N2O3. The largest absolute Gasteiger partial charge is 0.497 e. The minimum absolute atomic E-state index is 0.252. The Morgan fingerprint density at radius 3 is 2.21 bits per heavy atom. The molecule has 2 N–H and O–H groups in total. The highest BCUT2D eigenvalue weighted by Crippen LogP contribution is 2.46. The molecule has 0 aromatic heterocycles. The first-order valence-corrected chi connectivity index (χ1v) is 9.24. The smallest absolute Gasteiger partial charge is 0.320 e. The molecule has 3 aromatic rings. The number of carbonyl (C=O) groups excluding carboxylic acids is 1. The second-order valence-corrected chi connectivity index (χ2v) is 6.80. The van der Waals surface area contributed by atoms with Gasteiger partial charge in [-0.25, -0.2) is 4.79 Å². The second-order valence-electron chi connectivity index (χ2n) is 6.80. The van der Waals surface area contributed by atoms with Crippen LogP contribution in [0.1, 0.15) is 18.4 Å². The first-order chi connectivity index (χ1) is 13.7. The molecule has 5 heteroatoms. The average molecular weight is 374 g/mol. The minimum atomic E-state index is -0.314. The third-order valence-electron chi connectivity index (χ3n) is 4.85. The van der Waals surface area contributed by atoms with Crippen molar-refractivity contribution < 1.29 is 14.3 Å². The predicted octanol–water partition coefficient (Wildman–Crippen LogP) is 5.30. The minimum Gasteiger partial charge on any atom is -0.497 e. The van der Waals surface area contributed by atoms with Gasteiger partial charge >= 0.3 is 6.03 Å². The number of amides is 2. The quantitative estimate of drug-likeness (QED) is 0.616. The maximum absolute atomic E-state index is 12.7. The summed E-state index contributed by atoms with van der Waals surface area (Å²) in [5.41, 5.74) is 1.39. The fourth-order valence-electron chi connectivity index (χ4n) is 3.17. The van der Waals surface area contributed by atoms with Crippen LogP contribution in [0, 0.1) is 0 Å². The summed E-state index contributed by atoms with van der Waals surface area (Å²) in [5, 5.41) is 6.03. The number of urea groups is 1. The molecule has 0 heterocycles. The molecule has 1 aliphatic rings. The Bertz CT molecular complexity index is 951. The van der Waals surface area contributed by atoms with E-state index >= 15 is 0 Å². The molecule has 0 atom stereocenters. The molecule has 1 saturated carbocycles. The molecule has 0 aliphatic heterocycles. The number of benzene rings is 3. The lowest BCUT2D eigenvalue weighted by atomic mass is 10.1. The van der Waals surface area contributed by atoms with Gasteiger partial charge in [0.05, 0.1) is 18.3 Å². The van der Waals surface area contributed by atoms with E-state index in [0.29, 0.717) is 17.2 Å². The number of rotatable bonds is 6. The van der Waals surface area contributed by atoms with Crippen molar-refractivity contribution in [2.45, 2.75) is 18.4 Å². The predicted molar refractivity (Wildman–Crippen MR) is 109 cm³/mol. The van der Waals surface area contributed by atoms with Crippen molar-refractivity contribution in [2.24, 2.45) is 0 Å². The molecule has 28 heavy (non-hydrogen) atoms. The van der Waals surface area contributed by atoms with Gasteiger partial charge in [0.2, 0.25) is 0 Å². The average Bonchev–Trinajstić information content (AvgIpc) is 3.51. The molecule has 0 bridgehead atoms. The summed E-state index contributed by atoms with van der Waals surface area (Å²) in [4.78, 5) is 12.7. The highest BCUT2D eigenvalue weighted by Gasteiger charge is 2.45. The molecule has 0 unspecified atom stereocenters. The van der Waals surface area contributed by atoms with Crippen LogP contribution in [0.15, 0.2) is 78.9 Å². The van der Waals surface area contributed by atoms with E-state index in [-0.39, 0.29) is 11.6 Å². The summed E-state index contributed by atoms with van der Waals surface area (Å²) in [7, 11) is 1.64. The van der Waals surface area contributed by atoms with Gasteiger partial charge in [0.15, 0.2) is 5.75 Å². The number of nitrogens with one attached hydrogen (secondary N) is 2. The van der Waals surface area contributed by atoms with E-state index in [4.69, 9.17) is 9.47 Å². The Hall–Kier alpha value is -3.47. The zero-order valence-electron chi connectivity index (χ0n) is 15.6. The van der Waals surface area contributed by atoms with Crippen LogP contribution in [0.25, 0.3) is 0 Å². The molecule has 1 aliphatic carbocycles. The lowest BCUT2D eigenvalue weighted by Gasteiger charge is -2.19. The van der Waals surface area contributed by atoms with Gasteiger partial charge in [0.25, 0.3) is 0 Å². The first kappa shape index (κ1) is 17.9. The normalized spacial score (nSPS) is 14.0. The Balaban J connectivity index is 1.45. The van der Waals surface area contributed by atoms with Crippen molar-refractivity contribution in [1.82, 2.24) is 5.32 Å². The molecule has 0 saturated heterocycles. The lowest BCUT2D eigenvalue weighted by Crippen LogP contribution is -2.38. The number of para-hydroxylation sites is 3. The van der Waals surface area contributed by atoms with Crippen LogP contribution in [0.5, 0.6) is 17.2 Å². The fourth-order valence-corrected chi connectivity index (χ4v) is 3.17. The van der Waals surface area contributed by atoms with Crippen molar-refractivity contribution >= 4 is 11.7 Å². The van der Waals surface area contributed by atoms with E-state index < -0.39 is 0 Å². The lowest BCUT2D eigenvalue weighted by molar-refractivity contribution is 0.247. The van der Waals surface area contributed by atoms with E-state index in [0.717, 1.165) is 24.2 Å². The van der Waals surface area contributed by atoms with Gasteiger partial charge in [-0.1, -0.05) is 42.5 Å². The van der Waals surface area contributed by atoms with Crippen LogP contribution >= 0.6 is 0 Å². The van der Waals surface area contributed by atoms with Crippen LogP contribution in [-0.2, 0) is 5.54 Å². The Morgan fingerprint density at radius 1 is 0.857 bits per heavy atom. The third-order valence-corrected chi connectivity index (χ3v) is 4.85. The summed E-state index contributed by atoms with van der Waals surface area (Å²) in [6.07, 6.45) is 1.82. The summed E-state index contributed by atoms with van der Waals surface area (Å²) >= 11 is 0. The molecule has 4 rings (SSSR count). The number of ether oxygens (including phenoxy) is 2. The van der Waals surface area contributed by atoms with Gasteiger partial charge in [0.1, 0.15) is 11.5 Å². The van der Waals surface area contributed by atoms with Crippen molar-refractivity contribution in [1.29, 1.82) is 0 Å². The van der Waals surface area contributed by atoms with E-state index in [2.05, 4.69) is 10.6 Å². The van der Waals surface area contributed by atoms with Gasteiger partial charge < -0.3 is 20.1 Å². The van der Waals surface area contributed by atoms with Crippen molar-refractivity contribution in [3.63, 3.8) is 0 Å². The van der Waals surface area contributed by atoms with E-state index in [1.54, 1.807) is 7.11 Å². The van der Waals surface area contributed by atoms with Gasteiger partial charge in [-0.2, -0.15) is 0 Å². The molecule has 3 aromatic carbocycles. The van der Waals surface area contributed by atoms with E-state index in [1.807, 2.05) is 78.9 Å². The Kier molecular flexibility index (Phi) is 4.89. The summed E-state index contributed by atoms with van der Waals surface area (Å²) < 4.78 is 11.1. The summed E-state index contributed by atoms with van der Waals surface area (Å²) in [6, 6.07) is 24.5. The number of hydrogen-bond acceptors (Lipinski definition) is 3. The third kappa shape index (κ3) is 3.93. The molecule has 1 fully saturated rings. The van der Waals surface area contributed by atoms with Crippen LogP contribution in [0.3, 0.4) is 0 Å². The molecule has 2 amide bonds. The van der Waals surface area contributed by atoms with E-state index in [1.165, 1.54) is 0 Å². The first-order valence-electron chi connectivity index (χ1n) is 9.24. The van der Waals surface area contributed by atoms with Gasteiger partial charge in [-0.05, 0) is 54.8 Å². The summed E-state index contributed by atoms with van der Waals surface area (Å²) in [6.45, 7) is 0. The van der Waals surface area contributed by atoms with Gasteiger partial charge in [0, 0.05) is 0 Å². The number of anilines is 1. The monoisotopic (exact) mass is 374 g/mol. The number of hydrogen-bond donors (Lipinski definition) is 2. The fraction of sp³-hybridized carbons (Fsp3) is 0.174. The van der Waals surface area contributed by atoms with Crippen molar-refractivity contribution in [2.75, 3.05) is 12.4 Å². The second kappa shape index (κ2) is 7.64. The van der Waals surface area contributed by atoms with E-state index in [9.17, 15) is 4.79 Å². The molecule has 0 radical (unpaired) electrons. The molecule has 0 spiro atoms. The molecule has 142 valence electrons. The maximum atomic E-state index is 12.7. The van der Waals surface area contributed by atoms with Crippen molar-refractivity contribution in [3.05, 3.63) is 84.4 Å². The highest BCUT2D eigenvalue weighted by atomic mass is 16.5. The summed E-state index contributed by atoms with van der Waals surface area (Å²) in [5.74, 6) is 2.11. The van der Waals surface area contributed by atoms with Gasteiger partial charge in [-0.3, -0.25) is 0 Å². The molecular weight excluding hydrogens is 352 g/mol.